The fourth-order valence-electron chi connectivity index (χ4n) is 4.14. The van der Waals surface area contributed by atoms with Crippen LogP contribution in [0.5, 0.6) is 11.5 Å². The molecule has 0 radical (unpaired) electrons. The average Bonchev–Trinajstić information content (AvgIpc) is 3.18. The van der Waals surface area contributed by atoms with Crippen LogP contribution in [0.2, 0.25) is 0 Å². The van der Waals surface area contributed by atoms with Gasteiger partial charge in [0.1, 0.15) is 22.7 Å². The van der Waals surface area contributed by atoms with E-state index in [1.54, 1.807) is 43.0 Å². The summed E-state index contributed by atoms with van der Waals surface area (Å²) in [5.41, 5.74) is 2.51. The number of hydrogen-bond donors (Lipinski definition) is 1. The van der Waals surface area contributed by atoms with Gasteiger partial charge in [-0.1, -0.05) is 29.8 Å². The van der Waals surface area contributed by atoms with Crippen molar-refractivity contribution in [2.45, 2.75) is 39.4 Å². The van der Waals surface area contributed by atoms with Crippen LogP contribution in [0.25, 0.3) is 0 Å². The van der Waals surface area contributed by atoms with Gasteiger partial charge in [-0.3, -0.25) is 19.2 Å². The zero-order chi connectivity index (χ0) is 23.8. The monoisotopic (exact) mass is 448 g/mol. The van der Waals surface area contributed by atoms with Crippen LogP contribution in [-0.2, 0) is 17.9 Å². The van der Waals surface area contributed by atoms with E-state index >= 15 is 0 Å². The normalized spacial score (nSPS) is 17.5. The van der Waals surface area contributed by atoms with E-state index in [0.29, 0.717) is 35.1 Å². The molecule has 2 aromatic carbocycles. The number of nitrogens with zero attached hydrogens (tertiary/aromatic N) is 3. The van der Waals surface area contributed by atoms with Crippen molar-refractivity contribution in [3.8, 4) is 11.5 Å². The van der Waals surface area contributed by atoms with Crippen LogP contribution < -0.4 is 19.7 Å². The molecule has 3 aromatic rings. The Bertz CT molecular complexity index is 1200. The summed E-state index contributed by atoms with van der Waals surface area (Å²) < 4.78 is 12.5. The molecule has 0 bridgehead atoms. The lowest BCUT2D eigenvalue weighted by atomic mass is 9.93. The van der Waals surface area contributed by atoms with E-state index in [0.717, 1.165) is 11.1 Å². The molecule has 33 heavy (non-hydrogen) atoms. The first-order chi connectivity index (χ1) is 15.8. The lowest BCUT2D eigenvalue weighted by Gasteiger charge is -2.43. The van der Waals surface area contributed by atoms with Crippen molar-refractivity contribution in [2.24, 2.45) is 0 Å². The second kappa shape index (κ2) is 8.61. The molecule has 0 fully saturated rings. The number of hydrogen-bond acceptors (Lipinski definition) is 5. The number of fused-ring (bicyclic) bond motifs is 1. The van der Waals surface area contributed by atoms with Gasteiger partial charge in [-0.25, -0.2) is 0 Å². The third kappa shape index (κ3) is 4.04. The number of carbonyl (C=O) groups is 2. The zero-order valence-electron chi connectivity index (χ0n) is 19.5. The molecule has 2 heterocycles. The van der Waals surface area contributed by atoms with Gasteiger partial charge >= 0.3 is 0 Å². The molecular weight excluding hydrogens is 420 g/mol. The van der Waals surface area contributed by atoms with E-state index < -0.39 is 5.54 Å². The maximum atomic E-state index is 13.7. The van der Waals surface area contributed by atoms with E-state index in [9.17, 15) is 9.59 Å². The van der Waals surface area contributed by atoms with Crippen LogP contribution in [0.4, 0.5) is 5.69 Å². The molecule has 172 valence electrons. The molecule has 1 aliphatic rings. The number of ether oxygens (including phenoxy) is 2. The molecule has 8 nitrogen and oxygen atoms in total. The maximum absolute atomic E-state index is 13.7. The van der Waals surface area contributed by atoms with Crippen molar-refractivity contribution in [1.29, 1.82) is 0 Å². The fourth-order valence-corrected chi connectivity index (χ4v) is 4.14. The van der Waals surface area contributed by atoms with E-state index in [1.807, 2.05) is 38.1 Å². The number of benzene rings is 2. The van der Waals surface area contributed by atoms with Crippen LogP contribution in [-0.4, -0.2) is 41.4 Å². The number of methoxy groups -OCH3 is 2. The van der Waals surface area contributed by atoms with Crippen molar-refractivity contribution in [3.05, 3.63) is 71.0 Å². The van der Waals surface area contributed by atoms with Gasteiger partial charge in [0.2, 0.25) is 5.91 Å². The zero-order valence-corrected chi connectivity index (χ0v) is 19.5. The molecule has 8 heteroatoms. The highest BCUT2D eigenvalue weighted by molar-refractivity contribution is 6.12. The first-order valence-corrected chi connectivity index (χ1v) is 10.7. The largest absolute Gasteiger partial charge is 0.497 e. The van der Waals surface area contributed by atoms with Crippen molar-refractivity contribution < 1.29 is 19.1 Å². The Labute approximate surface area is 193 Å². The smallest absolute Gasteiger partial charge is 0.277 e. The molecular formula is C25H28N4O4. The predicted octanol–water partition coefficient (Wildman–Crippen LogP) is 3.25. The van der Waals surface area contributed by atoms with Crippen molar-refractivity contribution in [2.75, 3.05) is 19.1 Å². The fraction of sp³-hybridized carbons (Fsp3) is 0.320. The predicted molar refractivity (Wildman–Crippen MR) is 125 cm³/mol. The van der Waals surface area contributed by atoms with E-state index in [1.165, 1.54) is 12.0 Å². The molecule has 1 N–H and O–H groups in total. The molecule has 1 aromatic heterocycles. The summed E-state index contributed by atoms with van der Waals surface area (Å²) in [5.74, 6) is 0.419. The number of carbonyl (C=O) groups excluding carboxylic acids is 2. The van der Waals surface area contributed by atoms with Crippen LogP contribution in [0, 0.1) is 13.8 Å². The summed E-state index contributed by atoms with van der Waals surface area (Å²) in [4.78, 5) is 28.8. The summed E-state index contributed by atoms with van der Waals surface area (Å²) in [7, 11) is 3.08. The summed E-state index contributed by atoms with van der Waals surface area (Å²) in [5, 5.41) is 7.45. The Balaban J connectivity index is 1.75. The second-order valence-electron chi connectivity index (χ2n) is 8.45. The molecule has 1 atom stereocenters. The van der Waals surface area contributed by atoms with Gasteiger partial charge in [-0.15, -0.1) is 0 Å². The van der Waals surface area contributed by atoms with Gasteiger partial charge < -0.3 is 14.8 Å². The highest BCUT2D eigenvalue weighted by Crippen LogP contribution is 2.39. The summed E-state index contributed by atoms with van der Waals surface area (Å²) in [6.45, 7) is 6.14. The highest BCUT2D eigenvalue weighted by Gasteiger charge is 2.49. The van der Waals surface area contributed by atoms with Gasteiger partial charge in [0.25, 0.3) is 5.91 Å². The standard InChI is InChI=1S/C25H28N4O4/c1-16-6-8-18(9-7-16)14-26-24(31)25(3)15-28-21(12-17(2)27-28)23(30)29(25)20-11-10-19(32-4)13-22(20)33-5/h6-13H,14-15H2,1-5H3,(H,26,31). The summed E-state index contributed by atoms with van der Waals surface area (Å²) >= 11 is 0. The average molecular weight is 449 g/mol. The molecule has 0 saturated heterocycles. The number of amides is 2. The summed E-state index contributed by atoms with van der Waals surface area (Å²) in [6.07, 6.45) is 0. The Morgan fingerprint density at radius 3 is 2.48 bits per heavy atom. The molecule has 0 saturated carbocycles. The van der Waals surface area contributed by atoms with Crippen LogP contribution in [0.3, 0.4) is 0 Å². The quantitative estimate of drug-likeness (QED) is 0.626. The van der Waals surface area contributed by atoms with Crippen molar-refractivity contribution >= 4 is 17.5 Å². The third-order valence-corrected chi connectivity index (χ3v) is 5.97. The molecule has 1 aliphatic heterocycles. The lowest BCUT2D eigenvalue weighted by molar-refractivity contribution is -0.126. The SMILES string of the molecule is COc1ccc(N2C(=O)c3cc(C)nn3CC2(C)C(=O)NCc2ccc(C)cc2)c(OC)c1. The highest BCUT2D eigenvalue weighted by atomic mass is 16.5. The molecule has 0 spiro atoms. The first-order valence-electron chi connectivity index (χ1n) is 10.7. The number of aryl methyl sites for hydroxylation is 2. The number of aromatic nitrogens is 2. The molecule has 1 unspecified atom stereocenters. The molecule has 0 aliphatic carbocycles. The third-order valence-electron chi connectivity index (χ3n) is 5.97. The van der Waals surface area contributed by atoms with Gasteiger partial charge in [0.15, 0.2) is 0 Å². The Morgan fingerprint density at radius 2 is 1.82 bits per heavy atom. The van der Waals surface area contributed by atoms with Crippen LogP contribution in [0.15, 0.2) is 48.5 Å². The minimum atomic E-state index is -1.24. The maximum Gasteiger partial charge on any atom is 0.277 e. The summed E-state index contributed by atoms with van der Waals surface area (Å²) in [6, 6.07) is 14.9. The first kappa shape index (κ1) is 22.4. The Morgan fingerprint density at radius 1 is 1.09 bits per heavy atom. The van der Waals surface area contributed by atoms with E-state index in [-0.39, 0.29) is 18.4 Å². The van der Waals surface area contributed by atoms with Crippen molar-refractivity contribution in [3.63, 3.8) is 0 Å². The lowest BCUT2D eigenvalue weighted by Crippen LogP contribution is -2.64. The van der Waals surface area contributed by atoms with Gasteiger partial charge in [0, 0.05) is 12.6 Å². The second-order valence-corrected chi connectivity index (χ2v) is 8.45. The minimum Gasteiger partial charge on any atom is -0.497 e. The number of anilines is 1. The van der Waals surface area contributed by atoms with E-state index in [4.69, 9.17) is 9.47 Å². The van der Waals surface area contributed by atoms with Gasteiger partial charge in [-0.2, -0.15) is 5.10 Å². The van der Waals surface area contributed by atoms with E-state index in [2.05, 4.69) is 10.4 Å². The topological polar surface area (TPSA) is 85.7 Å². The molecule has 2 amide bonds. The Kier molecular flexibility index (Phi) is 5.84. The molecule has 4 rings (SSSR count). The van der Waals surface area contributed by atoms with Gasteiger partial charge in [0.05, 0.1) is 32.1 Å². The Hall–Kier alpha value is -3.81. The minimum absolute atomic E-state index is 0.205. The number of rotatable bonds is 6. The number of nitrogens with one attached hydrogen (secondary N) is 1. The van der Waals surface area contributed by atoms with Gasteiger partial charge in [-0.05, 0) is 44.5 Å². The van der Waals surface area contributed by atoms with Crippen molar-refractivity contribution in [1.82, 2.24) is 15.1 Å². The van der Waals surface area contributed by atoms with Crippen LogP contribution in [0.1, 0.15) is 34.2 Å². The van der Waals surface area contributed by atoms with Crippen LogP contribution >= 0.6 is 0 Å².